The van der Waals surface area contributed by atoms with E-state index in [0.717, 1.165) is 18.5 Å². The van der Waals surface area contributed by atoms with Gasteiger partial charge in [-0.3, -0.25) is 4.79 Å². The SMILES string of the molecule is Cn1nc(C2CCCN(C(=O)c3cc(-c4ccco4)on3)C2)n(-c2ccccc2)c1=O. The van der Waals surface area contributed by atoms with Crippen molar-refractivity contribution in [3.05, 3.63) is 76.8 Å². The van der Waals surface area contributed by atoms with Gasteiger partial charge in [-0.1, -0.05) is 23.4 Å². The molecule has 9 heteroatoms. The number of aromatic nitrogens is 4. The molecule has 1 aliphatic heterocycles. The first-order valence-electron chi connectivity index (χ1n) is 10.1. The largest absolute Gasteiger partial charge is 0.461 e. The maximum atomic E-state index is 13.1. The number of carbonyl (C=O) groups excluding carboxylic acids is 1. The second kappa shape index (κ2) is 7.75. The molecule has 1 atom stereocenters. The van der Waals surface area contributed by atoms with Crippen LogP contribution in [-0.4, -0.2) is 43.4 Å². The fraction of sp³-hybridized carbons (Fsp3) is 0.273. The van der Waals surface area contributed by atoms with Crippen LogP contribution in [0.3, 0.4) is 0 Å². The van der Waals surface area contributed by atoms with Crippen molar-refractivity contribution >= 4 is 5.91 Å². The lowest BCUT2D eigenvalue weighted by atomic mass is 9.96. The molecule has 1 aromatic carbocycles. The number of hydrogen-bond donors (Lipinski definition) is 0. The summed E-state index contributed by atoms with van der Waals surface area (Å²) in [5.41, 5.74) is 0.788. The molecule has 158 valence electrons. The molecule has 1 amide bonds. The van der Waals surface area contributed by atoms with Gasteiger partial charge < -0.3 is 13.8 Å². The number of benzene rings is 1. The van der Waals surface area contributed by atoms with E-state index < -0.39 is 0 Å². The Bertz CT molecular complexity index is 1250. The number of para-hydroxylation sites is 1. The maximum Gasteiger partial charge on any atom is 0.350 e. The summed E-state index contributed by atoms with van der Waals surface area (Å²) in [6.45, 7) is 1.06. The van der Waals surface area contributed by atoms with Gasteiger partial charge >= 0.3 is 5.69 Å². The fourth-order valence-corrected chi connectivity index (χ4v) is 4.01. The zero-order valence-corrected chi connectivity index (χ0v) is 17.0. The summed E-state index contributed by atoms with van der Waals surface area (Å²) in [5.74, 6) is 1.31. The Balaban J connectivity index is 1.41. The van der Waals surface area contributed by atoms with E-state index in [1.54, 1.807) is 34.7 Å². The third-order valence-corrected chi connectivity index (χ3v) is 5.53. The van der Waals surface area contributed by atoms with Crippen molar-refractivity contribution in [2.24, 2.45) is 7.05 Å². The Morgan fingerprint density at radius 3 is 2.74 bits per heavy atom. The first kappa shape index (κ1) is 19.1. The Labute approximate surface area is 177 Å². The van der Waals surface area contributed by atoms with Gasteiger partial charge in [0.15, 0.2) is 11.5 Å². The van der Waals surface area contributed by atoms with Gasteiger partial charge in [0.25, 0.3) is 5.91 Å². The topological polar surface area (TPSA) is 99.3 Å². The third kappa shape index (κ3) is 3.48. The third-order valence-electron chi connectivity index (χ3n) is 5.53. The van der Waals surface area contributed by atoms with Crippen LogP contribution >= 0.6 is 0 Å². The predicted molar refractivity (Wildman–Crippen MR) is 111 cm³/mol. The number of amides is 1. The van der Waals surface area contributed by atoms with E-state index in [-0.39, 0.29) is 23.2 Å². The van der Waals surface area contributed by atoms with Crippen LogP contribution in [0.2, 0.25) is 0 Å². The zero-order chi connectivity index (χ0) is 21.4. The maximum absolute atomic E-state index is 13.1. The molecule has 3 aromatic heterocycles. The smallest absolute Gasteiger partial charge is 0.350 e. The Morgan fingerprint density at radius 2 is 1.97 bits per heavy atom. The number of likely N-dealkylation sites (tertiary alicyclic amines) is 1. The van der Waals surface area contributed by atoms with Gasteiger partial charge in [-0.2, -0.15) is 5.10 Å². The van der Waals surface area contributed by atoms with Crippen LogP contribution in [0.15, 0.2) is 68.5 Å². The fourth-order valence-electron chi connectivity index (χ4n) is 4.01. The number of aryl methyl sites for hydroxylation is 1. The van der Waals surface area contributed by atoms with Crippen LogP contribution in [0.5, 0.6) is 0 Å². The van der Waals surface area contributed by atoms with Crippen LogP contribution in [0.4, 0.5) is 0 Å². The van der Waals surface area contributed by atoms with E-state index in [1.807, 2.05) is 30.3 Å². The standard InChI is InChI=1S/C22H21N5O4/c1-25-22(29)27(16-8-3-2-4-9-16)20(23-25)15-7-5-11-26(14-15)21(28)17-13-19(31-24-17)18-10-6-12-30-18/h2-4,6,8-10,12-13,15H,5,7,11,14H2,1H3. The first-order valence-corrected chi connectivity index (χ1v) is 10.1. The molecule has 0 saturated carbocycles. The lowest BCUT2D eigenvalue weighted by Crippen LogP contribution is -2.40. The molecule has 0 N–H and O–H groups in total. The summed E-state index contributed by atoms with van der Waals surface area (Å²) < 4.78 is 13.5. The summed E-state index contributed by atoms with van der Waals surface area (Å²) in [4.78, 5) is 27.5. The second-order valence-electron chi connectivity index (χ2n) is 7.58. The van der Waals surface area contributed by atoms with Crippen molar-refractivity contribution in [1.29, 1.82) is 0 Å². The van der Waals surface area contributed by atoms with Crippen molar-refractivity contribution in [1.82, 2.24) is 24.4 Å². The molecule has 0 radical (unpaired) electrons. The predicted octanol–water partition coefficient (Wildman–Crippen LogP) is 2.84. The van der Waals surface area contributed by atoms with E-state index >= 15 is 0 Å². The summed E-state index contributed by atoms with van der Waals surface area (Å²) in [7, 11) is 1.64. The molecule has 1 saturated heterocycles. The molecular formula is C22H21N5O4. The highest BCUT2D eigenvalue weighted by atomic mass is 16.5. The molecule has 1 fully saturated rings. The van der Waals surface area contributed by atoms with Crippen molar-refractivity contribution in [2.75, 3.05) is 13.1 Å². The summed E-state index contributed by atoms with van der Waals surface area (Å²) in [5, 5.41) is 8.42. The molecule has 0 aliphatic carbocycles. The van der Waals surface area contributed by atoms with Gasteiger partial charge in [-0.25, -0.2) is 14.0 Å². The molecule has 31 heavy (non-hydrogen) atoms. The number of hydrogen-bond acceptors (Lipinski definition) is 6. The monoisotopic (exact) mass is 419 g/mol. The minimum Gasteiger partial charge on any atom is -0.461 e. The summed E-state index contributed by atoms with van der Waals surface area (Å²) in [6.07, 6.45) is 3.18. The van der Waals surface area contributed by atoms with Crippen LogP contribution in [0.25, 0.3) is 17.2 Å². The van der Waals surface area contributed by atoms with Crippen molar-refractivity contribution in [3.8, 4) is 17.2 Å². The lowest BCUT2D eigenvalue weighted by molar-refractivity contribution is 0.0693. The molecule has 9 nitrogen and oxygen atoms in total. The normalized spacial score (nSPS) is 16.5. The van der Waals surface area contributed by atoms with Gasteiger partial charge in [-0.15, -0.1) is 0 Å². The highest BCUT2D eigenvalue weighted by Crippen LogP contribution is 2.28. The molecule has 1 aliphatic rings. The van der Waals surface area contributed by atoms with Gasteiger partial charge in [-0.05, 0) is 37.1 Å². The number of furan rings is 1. The van der Waals surface area contributed by atoms with Crippen LogP contribution in [0.1, 0.15) is 35.1 Å². The van der Waals surface area contributed by atoms with E-state index in [2.05, 4.69) is 10.3 Å². The average Bonchev–Trinajstić information content (AvgIpc) is 3.55. The number of rotatable bonds is 4. The number of carbonyl (C=O) groups is 1. The van der Waals surface area contributed by atoms with E-state index in [1.165, 1.54) is 10.9 Å². The quantitative estimate of drug-likeness (QED) is 0.504. The molecule has 0 bridgehead atoms. The van der Waals surface area contributed by atoms with Crippen molar-refractivity contribution in [3.63, 3.8) is 0 Å². The highest BCUT2D eigenvalue weighted by Gasteiger charge is 2.31. The molecule has 1 unspecified atom stereocenters. The van der Waals surface area contributed by atoms with E-state index in [4.69, 9.17) is 8.94 Å². The lowest BCUT2D eigenvalue weighted by Gasteiger charge is -2.31. The molecule has 4 aromatic rings. The Kier molecular flexibility index (Phi) is 4.78. The van der Waals surface area contributed by atoms with Crippen molar-refractivity contribution in [2.45, 2.75) is 18.8 Å². The van der Waals surface area contributed by atoms with E-state index in [0.29, 0.717) is 30.4 Å². The van der Waals surface area contributed by atoms with Gasteiger partial charge in [0.1, 0.15) is 5.82 Å². The average molecular weight is 419 g/mol. The molecule has 0 spiro atoms. The minimum absolute atomic E-state index is 0.0664. The molecule has 5 rings (SSSR count). The molecule has 4 heterocycles. The number of piperidine rings is 1. The van der Waals surface area contributed by atoms with Gasteiger partial charge in [0.2, 0.25) is 5.76 Å². The minimum atomic E-state index is -0.212. The highest BCUT2D eigenvalue weighted by molar-refractivity contribution is 5.93. The Hall–Kier alpha value is -3.88. The van der Waals surface area contributed by atoms with E-state index in [9.17, 15) is 9.59 Å². The van der Waals surface area contributed by atoms with Crippen LogP contribution in [-0.2, 0) is 7.05 Å². The van der Waals surface area contributed by atoms with Crippen LogP contribution in [0, 0.1) is 0 Å². The number of nitrogens with zero attached hydrogens (tertiary/aromatic N) is 5. The molecular weight excluding hydrogens is 398 g/mol. The Morgan fingerprint density at radius 1 is 1.13 bits per heavy atom. The summed E-state index contributed by atoms with van der Waals surface area (Å²) in [6, 6.07) is 14.5. The van der Waals surface area contributed by atoms with Gasteiger partial charge in [0.05, 0.1) is 12.0 Å². The first-order chi connectivity index (χ1) is 15.1. The van der Waals surface area contributed by atoms with Crippen molar-refractivity contribution < 1.29 is 13.7 Å². The zero-order valence-electron chi connectivity index (χ0n) is 17.0. The van der Waals surface area contributed by atoms with Crippen LogP contribution < -0.4 is 5.69 Å². The summed E-state index contributed by atoms with van der Waals surface area (Å²) >= 11 is 0. The second-order valence-corrected chi connectivity index (χ2v) is 7.58. The van der Waals surface area contributed by atoms with Gasteiger partial charge in [0, 0.05) is 32.1 Å².